The standard InChI is InChI=1S/C34H47NO5/c1-4-29-20-21-30(17-11-19-32-39-25-34(2,3)26-40-32)35(33(36)38-24-28-15-9-6-10-16-28)31(29)18-12-22-37-23-27-13-7-5-8-14-27/h5-10,13-16,20-21,29-32H,4,11-12,17-19,22-26H2,1-3H3/t29-,30+,31-/m0/s1. The van der Waals surface area contributed by atoms with Crippen LogP contribution in [0.4, 0.5) is 4.79 Å². The fraction of sp³-hybridized carbons (Fsp3) is 0.559. The van der Waals surface area contributed by atoms with Crippen molar-refractivity contribution in [1.82, 2.24) is 4.90 Å². The molecule has 0 radical (unpaired) electrons. The molecular formula is C34H47NO5. The van der Waals surface area contributed by atoms with E-state index in [1.807, 2.05) is 53.4 Å². The summed E-state index contributed by atoms with van der Waals surface area (Å²) in [5.74, 6) is 0.293. The molecule has 0 spiro atoms. The van der Waals surface area contributed by atoms with E-state index in [1.54, 1.807) is 0 Å². The van der Waals surface area contributed by atoms with Gasteiger partial charge in [-0.05, 0) is 55.6 Å². The van der Waals surface area contributed by atoms with Crippen LogP contribution < -0.4 is 0 Å². The molecule has 0 aliphatic carbocycles. The number of amides is 1. The third-order valence-electron chi connectivity index (χ3n) is 7.84. The number of nitrogens with zero attached hydrogens (tertiary/aromatic N) is 1. The Morgan fingerprint density at radius 1 is 0.875 bits per heavy atom. The SMILES string of the molecule is CC[C@H]1C=C[C@@H](CCCC2OCC(C)(C)CO2)N(C(=O)OCc2ccccc2)[C@H]1CCCOCc1ccccc1. The zero-order valence-electron chi connectivity index (χ0n) is 24.5. The molecule has 3 atom stereocenters. The first-order valence-electron chi connectivity index (χ1n) is 15.0. The van der Waals surface area contributed by atoms with Crippen LogP contribution in [0.5, 0.6) is 0 Å². The summed E-state index contributed by atoms with van der Waals surface area (Å²) in [6.45, 7) is 9.48. The predicted molar refractivity (Wildman–Crippen MR) is 158 cm³/mol. The number of carbonyl (C=O) groups excluding carboxylic acids is 1. The second kappa shape index (κ2) is 15.4. The molecule has 0 saturated carbocycles. The average molecular weight is 550 g/mol. The monoisotopic (exact) mass is 549 g/mol. The zero-order valence-corrected chi connectivity index (χ0v) is 24.5. The van der Waals surface area contributed by atoms with Crippen LogP contribution >= 0.6 is 0 Å². The molecule has 218 valence electrons. The van der Waals surface area contributed by atoms with Crippen LogP contribution in [0.25, 0.3) is 0 Å². The zero-order chi connectivity index (χ0) is 28.2. The van der Waals surface area contributed by atoms with Crippen LogP contribution in [0.3, 0.4) is 0 Å². The Labute approximate surface area is 240 Å². The highest BCUT2D eigenvalue weighted by Crippen LogP contribution is 2.32. The van der Waals surface area contributed by atoms with Gasteiger partial charge < -0.3 is 18.9 Å². The number of carbonyl (C=O) groups is 1. The molecule has 2 aliphatic rings. The largest absolute Gasteiger partial charge is 0.445 e. The van der Waals surface area contributed by atoms with E-state index in [-0.39, 0.29) is 36.5 Å². The van der Waals surface area contributed by atoms with Gasteiger partial charge in [-0.3, -0.25) is 4.90 Å². The Hall–Kier alpha value is -2.67. The van der Waals surface area contributed by atoms with E-state index in [0.29, 0.717) is 32.3 Å². The number of benzene rings is 2. The summed E-state index contributed by atoms with van der Waals surface area (Å²) in [5, 5.41) is 0. The van der Waals surface area contributed by atoms with Crippen molar-refractivity contribution in [3.8, 4) is 0 Å². The van der Waals surface area contributed by atoms with Gasteiger partial charge in [-0.25, -0.2) is 4.79 Å². The molecule has 6 nitrogen and oxygen atoms in total. The first-order valence-corrected chi connectivity index (χ1v) is 15.0. The van der Waals surface area contributed by atoms with E-state index in [1.165, 1.54) is 5.56 Å². The minimum atomic E-state index is -0.237. The molecule has 0 N–H and O–H groups in total. The Balaban J connectivity index is 1.37. The van der Waals surface area contributed by atoms with Crippen LogP contribution in [0.1, 0.15) is 70.4 Å². The average Bonchev–Trinajstić information content (AvgIpc) is 2.97. The van der Waals surface area contributed by atoms with Gasteiger partial charge in [-0.2, -0.15) is 0 Å². The van der Waals surface area contributed by atoms with Gasteiger partial charge in [0.2, 0.25) is 0 Å². The Morgan fingerprint density at radius 2 is 1.52 bits per heavy atom. The molecule has 1 fully saturated rings. The maximum Gasteiger partial charge on any atom is 0.410 e. The van der Waals surface area contributed by atoms with Gasteiger partial charge in [0.15, 0.2) is 6.29 Å². The first kappa shape index (κ1) is 30.3. The summed E-state index contributed by atoms with van der Waals surface area (Å²) >= 11 is 0. The molecule has 4 rings (SSSR count). The summed E-state index contributed by atoms with van der Waals surface area (Å²) in [5.41, 5.74) is 2.23. The topological polar surface area (TPSA) is 57.2 Å². The van der Waals surface area contributed by atoms with Crippen molar-refractivity contribution in [3.63, 3.8) is 0 Å². The van der Waals surface area contributed by atoms with Crippen molar-refractivity contribution < 1.29 is 23.7 Å². The minimum Gasteiger partial charge on any atom is -0.445 e. The van der Waals surface area contributed by atoms with Crippen LogP contribution in [0, 0.1) is 11.3 Å². The lowest BCUT2D eigenvalue weighted by Crippen LogP contribution is -2.52. The molecule has 1 amide bonds. The van der Waals surface area contributed by atoms with E-state index >= 15 is 0 Å². The molecule has 40 heavy (non-hydrogen) atoms. The molecule has 2 heterocycles. The molecule has 2 aromatic carbocycles. The van der Waals surface area contributed by atoms with Crippen LogP contribution in [-0.4, -0.2) is 49.2 Å². The smallest absolute Gasteiger partial charge is 0.410 e. The van der Waals surface area contributed by atoms with Gasteiger partial charge in [0.25, 0.3) is 0 Å². The first-order chi connectivity index (χ1) is 19.4. The fourth-order valence-corrected chi connectivity index (χ4v) is 5.55. The second-order valence-corrected chi connectivity index (χ2v) is 11.9. The lowest BCUT2D eigenvalue weighted by Gasteiger charge is -2.43. The highest BCUT2D eigenvalue weighted by Gasteiger charge is 2.37. The van der Waals surface area contributed by atoms with E-state index in [4.69, 9.17) is 18.9 Å². The van der Waals surface area contributed by atoms with Crippen molar-refractivity contribution in [2.24, 2.45) is 11.3 Å². The summed E-state index contributed by atoms with van der Waals surface area (Å²) in [4.78, 5) is 15.7. The van der Waals surface area contributed by atoms with Gasteiger partial charge in [0.05, 0.1) is 25.9 Å². The van der Waals surface area contributed by atoms with Crippen LogP contribution in [0.15, 0.2) is 72.8 Å². The molecule has 1 saturated heterocycles. The molecule has 6 heteroatoms. The highest BCUT2D eigenvalue weighted by atomic mass is 16.7. The lowest BCUT2D eigenvalue weighted by molar-refractivity contribution is -0.224. The number of hydrogen-bond donors (Lipinski definition) is 0. The third kappa shape index (κ3) is 9.18. The highest BCUT2D eigenvalue weighted by molar-refractivity contribution is 5.69. The van der Waals surface area contributed by atoms with Gasteiger partial charge in [-0.15, -0.1) is 0 Å². The molecule has 2 aliphatic heterocycles. The summed E-state index contributed by atoms with van der Waals surface area (Å²) in [6, 6.07) is 20.2. The molecule has 0 aromatic heterocycles. The predicted octanol–water partition coefficient (Wildman–Crippen LogP) is 7.52. The quantitative estimate of drug-likeness (QED) is 0.191. The Morgan fingerprint density at radius 3 is 2.17 bits per heavy atom. The van der Waals surface area contributed by atoms with E-state index in [0.717, 1.165) is 44.1 Å². The Bertz CT molecular complexity index is 1030. The number of rotatable bonds is 13. The van der Waals surface area contributed by atoms with Crippen molar-refractivity contribution >= 4 is 6.09 Å². The van der Waals surface area contributed by atoms with Gasteiger partial charge in [0, 0.05) is 18.1 Å². The maximum absolute atomic E-state index is 13.7. The van der Waals surface area contributed by atoms with Crippen molar-refractivity contribution in [2.45, 2.75) is 90.9 Å². The lowest BCUT2D eigenvalue weighted by atomic mass is 9.85. The third-order valence-corrected chi connectivity index (χ3v) is 7.84. The maximum atomic E-state index is 13.7. The van der Waals surface area contributed by atoms with Crippen LogP contribution in [0.2, 0.25) is 0 Å². The second-order valence-electron chi connectivity index (χ2n) is 11.9. The molecule has 0 unspecified atom stereocenters. The molecule has 0 bridgehead atoms. The van der Waals surface area contributed by atoms with Gasteiger partial charge in [0.1, 0.15) is 6.61 Å². The Kier molecular flexibility index (Phi) is 11.6. The van der Waals surface area contributed by atoms with Crippen molar-refractivity contribution in [3.05, 3.63) is 83.9 Å². The summed E-state index contributed by atoms with van der Waals surface area (Å²) in [6.07, 6.45) is 9.44. The fourth-order valence-electron chi connectivity index (χ4n) is 5.55. The molecular weight excluding hydrogens is 502 g/mol. The van der Waals surface area contributed by atoms with E-state index in [2.05, 4.69) is 45.1 Å². The van der Waals surface area contributed by atoms with Gasteiger partial charge >= 0.3 is 6.09 Å². The van der Waals surface area contributed by atoms with Gasteiger partial charge in [-0.1, -0.05) is 93.6 Å². The summed E-state index contributed by atoms with van der Waals surface area (Å²) < 4.78 is 23.8. The number of hydrogen-bond acceptors (Lipinski definition) is 5. The summed E-state index contributed by atoms with van der Waals surface area (Å²) in [7, 11) is 0. The van der Waals surface area contributed by atoms with E-state index in [9.17, 15) is 4.79 Å². The minimum absolute atomic E-state index is 0.0126. The molecule has 2 aromatic rings. The van der Waals surface area contributed by atoms with E-state index < -0.39 is 0 Å². The van der Waals surface area contributed by atoms with Crippen molar-refractivity contribution in [1.29, 1.82) is 0 Å². The number of ether oxygens (including phenoxy) is 4. The van der Waals surface area contributed by atoms with Crippen LogP contribution in [-0.2, 0) is 32.2 Å². The van der Waals surface area contributed by atoms with Crippen molar-refractivity contribution in [2.75, 3.05) is 19.8 Å². The normalized spacial score (nSPS) is 22.8.